The fraction of sp³-hybridized carbons (Fsp3) is 0.556. The quantitative estimate of drug-likeness (QED) is 0.301. The molecule has 2 aromatic rings. The number of hydrogen-bond acceptors (Lipinski definition) is 7. The van der Waals surface area contributed by atoms with Crippen LogP contribution in [0.25, 0.3) is 10.8 Å². The van der Waals surface area contributed by atoms with Crippen LogP contribution in [0, 0.1) is 17.8 Å². The van der Waals surface area contributed by atoms with E-state index in [9.17, 15) is 23.2 Å². The molecular formula is C27H40N4O5S. The number of hydroxylamine groups is 1. The molecule has 2 amide bonds. The highest BCUT2D eigenvalue weighted by atomic mass is 32.2. The molecule has 0 radical (unpaired) electrons. The molecule has 204 valence electrons. The topological polar surface area (TPSA) is 119 Å². The molecule has 0 bridgehead atoms. The highest BCUT2D eigenvalue weighted by Gasteiger charge is 2.37. The van der Waals surface area contributed by atoms with Gasteiger partial charge in [-0.2, -0.15) is 0 Å². The minimum atomic E-state index is -3.77. The highest BCUT2D eigenvalue weighted by molar-refractivity contribution is 7.91. The van der Waals surface area contributed by atoms with E-state index in [1.54, 1.807) is 28.6 Å². The summed E-state index contributed by atoms with van der Waals surface area (Å²) in [4.78, 5) is 30.1. The van der Waals surface area contributed by atoms with Gasteiger partial charge in [-0.25, -0.2) is 13.9 Å². The van der Waals surface area contributed by atoms with Gasteiger partial charge < -0.3 is 15.1 Å². The van der Waals surface area contributed by atoms with Gasteiger partial charge in [0.15, 0.2) is 9.84 Å². The van der Waals surface area contributed by atoms with Crippen molar-refractivity contribution in [2.75, 3.05) is 44.5 Å². The fourth-order valence-electron chi connectivity index (χ4n) is 5.15. The SMILES string of the molecule is CC(C)CC(C(=O)N1CCCCC1)C(CNCS(=O)(=O)c1cccc2c(N(C)C)cccc12)C(=O)NO. The number of piperidine rings is 1. The molecule has 2 atom stereocenters. The van der Waals surface area contributed by atoms with Crippen molar-refractivity contribution >= 4 is 38.1 Å². The molecule has 10 heteroatoms. The molecular weight excluding hydrogens is 492 g/mol. The van der Waals surface area contributed by atoms with E-state index in [2.05, 4.69) is 5.32 Å². The molecule has 0 spiro atoms. The molecule has 1 aliphatic heterocycles. The standard InChI is InChI=1S/C27H40N4O5S/c1-19(2)16-22(27(33)31-14-6-5-7-15-31)23(26(32)29-34)17-28-18-37(35,36)25-13-9-10-20-21(25)11-8-12-24(20)30(3)4/h8-13,19,22-23,28,34H,5-7,14-18H2,1-4H3,(H,29,32). The number of likely N-dealkylation sites (tertiary alicyclic amines) is 1. The number of hydrogen-bond donors (Lipinski definition) is 3. The van der Waals surface area contributed by atoms with Crippen LogP contribution < -0.4 is 15.7 Å². The Balaban J connectivity index is 1.82. The molecule has 1 fully saturated rings. The number of rotatable bonds is 11. The van der Waals surface area contributed by atoms with Gasteiger partial charge in [-0.05, 0) is 43.7 Å². The maximum absolute atomic E-state index is 13.4. The van der Waals surface area contributed by atoms with Gasteiger partial charge in [-0.1, -0.05) is 38.1 Å². The van der Waals surface area contributed by atoms with Crippen LogP contribution in [0.15, 0.2) is 41.3 Å². The largest absolute Gasteiger partial charge is 0.377 e. The molecule has 2 unspecified atom stereocenters. The smallest absolute Gasteiger partial charge is 0.248 e. The fourth-order valence-corrected chi connectivity index (χ4v) is 6.49. The minimum Gasteiger partial charge on any atom is -0.377 e. The number of benzene rings is 2. The van der Waals surface area contributed by atoms with E-state index in [4.69, 9.17) is 0 Å². The second-order valence-electron chi connectivity index (χ2n) is 10.4. The van der Waals surface area contributed by atoms with Crippen molar-refractivity contribution in [3.63, 3.8) is 0 Å². The lowest BCUT2D eigenvalue weighted by Gasteiger charge is -2.34. The van der Waals surface area contributed by atoms with Crippen molar-refractivity contribution in [2.45, 2.75) is 44.4 Å². The zero-order chi connectivity index (χ0) is 27.2. The van der Waals surface area contributed by atoms with Crippen molar-refractivity contribution < 1.29 is 23.2 Å². The molecule has 9 nitrogen and oxygen atoms in total. The number of anilines is 1. The molecule has 1 saturated heterocycles. The normalized spacial score (nSPS) is 16.0. The summed E-state index contributed by atoms with van der Waals surface area (Å²) >= 11 is 0. The van der Waals surface area contributed by atoms with Gasteiger partial charge >= 0.3 is 0 Å². The van der Waals surface area contributed by atoms with Gasteiger partial charge in [-0.3, -0.25) is 14.8 Å². The predicted octanol–water partition coefficient (Wildman–Crippen LogP) is 3.02. The van der Waals surface area contributed by atoms with Gasteiger partial charge in [0.05, 0.1) is 16.7 Å². The first-order valence-corrected chi connectivity index (χ1v) is 14.6. The average molecular weight is 533 g/mol. The van der Waals surface area contributed by atoms with Crippen LogP contribution in [0.2, 0.25) is 0 Å². The van der Waals surface area contributed by atoms with E-state index in [-0.39, 0.29) is 23.3 Å². The first-order chi connectivity index (χ1) is 17.6. The number of nitrogens with zero attached hydrogens (tertiary/aromatic N) is 2. The Morgan fingerprint density at radius 2 is 1.65 bits per heavy atom. The van der Waals surface area contributed by atoms with E-state index in [0.29, 0.717) is 24.9 Å². The zero-order valence-corrected chi connectivity index (χ0v) is 23.1. The van der Waals surface area contributed by atoms with E-state index in [1.807, 2.05) is 51.0 Å². The van der Waals surface area contributed by atoms with Gasteiger partial charge in [-0.15, -0.1) is 0 Å². The van der Waals surface area contributed by atoms with E-state index < -0.39 is 33.5 Å². The third kappa shape index (κ3) is 7.00. The molecule has 1 heterocycles. The summed E-state index contributed by atoms with van der Waals surface area (Å²) in [6.45, 7) is 5.20. The molecule has 2 aromatic carbocycles. The highest BCUT2D eigenvalue weighted by Crippen LogP contribution is 2.31. The van der Waals surface area contributed by atoms with Crippen LogP contribution >= 0.6 is 0 Å². The number of nitrogens with one attached hydrogen (secondary N) is 2. The lowest BCUT2D eigenvalue weighted by atomic mass is 9.83. The number of carbonyl (C=O) groups excluding carboxylic acids is 2. The number of sulfone groups is 1. The van der Waals surface area contributed by atoms with Gasteiger partial charge in [0.2, 0.25) is 11.8 Å². The van der Waals surface area contributed by atoms with Crippen molar-refractivity contribution in [3.05, 3.63) is 36.4 Å². The first-order valence-electron chi connectivity index (χ1n) is 12.9. The molecule has 3 rings (SSSR count). The summed E-state index contributed by atoms with van der Waals surface area (Å²) in [6.07, 6.45) is 3.38. The lowest BCUT2D eigenvalue weighted by Crippen LogP contribution is -2.49. The number of carbonyl (C=O) groups is 2. The summed E-state index contributed by atoms with van der Waals surface area (Å²) in [5.74, 6) is -2.65. The van der Waals surface area contributed by atoms with E-state index in [0.717, 1.165) is 30.3 Å². The zero-order valence-electron chi connectivity index (χ0n) is 22.2. The summed E-state index contributed by atoms with van der Waals surface area (Å²) in [6, 6.07) is 10.7. The monoisotopic (exact) mass is 532 g/mol. The number of fused-ring (bicyclic) bond motifs is 1. The van der Waals surface area contributed by atoms with Gasteiger partial charge in [0.25, 0.3) is 0 Å². The maximum Gasteiger partial charge on any atom is 0.248 e. The van der Waals surface area contributed by atoms with Crippen molar-refractivity contribution in [2.24, 2.45) is 17.8 Å². The van der Waals surface area contributed by atoms with Gasteiger partial charge in [0, 0.05) is 50.2 Å². The van der Waals surface area contributed by atoms with Crippen LogP contribution in [0.5, 0.6) is 0 Å². The summed E-state index contributed by atoms with van der Waals surface area (Å²) in [5.41, 5.74) is 2.61. The molecule has 0 aromatic heterocycles. The van der Waals surface area contributed by atoms with Crippen LogP contribution in [0.1, 0.15) is 39.5 Å². The molecule has 37 heavy (non-hydrogen) atoms. The first kappa shape index (κ1) is 28.9. The summed E-state index contributed by atoms with van der Waals surface area (Å²) < 4.78 is 26.8. The molecule has 1 aliphatic rings. The second kappa shape index (κ2) is 12.7. The average Bonchev–Trinajstić information content (AvgIpc) is 2.88. The Kier molecular flexibility index (Phi) is 9.92. The van der Waals surface area contributed by atoms with Crippen molar-refractivity contribution in [3.8, 4) is 0 Å². The maximum atomic E-state index is 13.4. The van der Waals surface area contributed by atoms with E-state index in [1.165, 1.54) is 0 Å². The summed E-state index contributed by atoms with van der Waals surface area (Å²) in [5, 5.41) is 13.8. The van der Waals surface area contributed by atoms with Crippen LogP contribution in [0.3, 0.4) is 0 Å². The van der Waals surface area contributed by atoms with Crippen LogP contribution in [-0.4, -0.2) is 69.9 Å². The van der Waals surface area contributed by atoms with Crippen LogP contribution in [0.4, 0.5) is 5.69 Å². The molecule has 0 aliphatic carbocycles. The Labute approximate surface area is 220 Å². The minimum absolute atomic E-state index is 0.0592. The Morgan fingerprint density at radius 1 is 1.00 bits per heavy atom. The third-order valence-corrected chi connectivity index (χ3v) is 8.59. The molecule has 3 N–H and O–H groups in total. The Bertz CT molecular complexity index is 1190. The van der Waals surface area contributed by atoms with Crippen LogP contribution in [-0.2, 0) is 19.4 Å². The Hall–Kier alpha value is -2.69. The predicted molar refractivity (Wildman–Crippen MR) is 145 cm³/mol. The van der Waals surface area contributed by atoms with Crippen molar-refractivity contribution in [1.82, 2.24) is 15.7 Å². The second-order valence-corrected chi connectivity index (χ2v) is 12.4. The van der Waals surface area contributed by atoms with Gasteiger partial charge in [0.1, 0.15) is 5.88 Å². The molecule has 0 saturated carbocycles. The Morgan fingerprint density at radius 3 is 2.27 bits per heavy atom. The van der Waals surface area contributed by atoms with Crippen molar-refractivity contribution in [1.29, 1.82) is 0 Å². The van der Waals surface area contributed by atoms with E-state index >= 15 is 0 Å². The number of amides is 2. The third-order valence-electron chi connectivity index (χ3n) is 6.98. The summed E-state index contributed by atoms with van der Waals surface area (Å²) in [7, 11) is 0.0446. The lowest BCUT2D eigenvalue weighted by molar-refractivity contribution is -0.146.